The van der Waals surface area contributed by atoms with E-state index in [4.69, 9.17) is 5.11 Å². The quantitative estimate of drug-likeness (QED) is 0.622. The fraction of sp³-hybridized carbons (Fsp3) is 0.333. The van der Waals surface area contributed by atoms with Crippen molar-refractivity contribution in [2.75, 3.05) is 12.0 Å². The normalized spacial score (nSPS) is 11.8. The van der Waals surface area contributed by atoms with Crippen LogP contribution in [0.2, 0.25) is 0 Å². The number of aliphatic carboxylic acids is 1. The van der Waals surface area contributed by atoms with Crippen LogP contribution in [-0.4, -0.2) is 45.2 Å². The summed E-state index contributed by atoms with van der Waals surface area (Å²) >= 11 is 1.48. The van der Waals surface area contributed by atoms with Crippen molar-refractivity contribution in [2.45, 2.75) is 12.5 Å². The number of phenols is 2. The molecule has 0 bridgehead atoms. The van der Waals surface area contributed by atoms with Gasteiger partial charge in [0, 0.05) is 11.6 Å². The second kappa shape index (κ2) is 6.89. The molecule has 0 spiro atoms. The number of phenolic OH excluding ortho intramolecular Hbond substituents is 2. The summed E-state index contributed by atoms with van der Waals surface area (Å²) in [5.41, 5.74) is 0.00732. The molecule has 1 atom stereocenters. The van der Waals surface area contributed by atoms with Gasteiger partial charge in [-0.2, -0.15) is 11.8 Å². The molecule has 0 unspecified atom stereocenters. The van der Waals surface area contributed by atoms with E-state index < -0.39 is 17.9 Å². The lowest BCUT2D eigenvalue weighted by Gasteiger charge is -2.14. The Balaban J connectivity index is 2.78. The first kappa shape index (κ1) is 15.2. The van der Waals surface area contributed by atoms with Crippen LogP contribution in [0.15, 0.2) is 18.2 Å². The number of rotatable bonds is 6. The van der Waals surface area contributed by atoms with Crippen molar-refractivity contribution in [1.29, 1.82) is 0 Å². The largest absolute Gasteiger partial charge is 0.508 e. The van der Waals surface area contributed by atoms with Crippen molar-refractivity contribution < 1.29 is 24.9 Å². The Morgan fingerprint density at radius 1 is 1.26 bits per heavy atom. The van der Waals surface area contributed by atoms with Gasteiger partial charge in [0.25, 0.3) is 5.91 Å². The van der Waals surface area contributed by atoms with Crippen LogP contribution in [0.25, 0.3) is 0 Å². The molecule has 19 heavy (non-hydrogen) atoms. The molecular weight excluding hydrogens is 270 g/mol. The molecule has 1 aromatic rings. The first-order valence-corrected chi connectivity index (χ1v) is 6.89. The fourth-order valence-corrected chi connectivity index (χ4v) is 1.93. The Morgan fingerprint density at radius 2 is 1.84 bits per heavy atom. The van der Waals surface area contributed by atoms with Gasteiger partial charge in [0.1, 0.15) is 17.5 Å². The van der Waals surface area contributed by atoms with Crippen LogP contribution in [0, 0.1) is 0 Å². The summed E-state index contributed by atoms with van der Waals surface area (Å²) < 4.78 is 0. The SMILES string of the molecule is CSCC[C@@H](NC(=O)c1cc(O)cc(O)c1)C(=O)O. The van der Waals surface area contributed by atoms with E-state index >= 15 is 0 Å². The third kappa shape index (κ3) is 4.70. The maximum absolute atomic E-state index is 11.8. The average Bonchev–Trinajstić information content (AvgIpc) is 2.32. The van der Waals surface area contributed by atoms with Crippen LogP contribution in [-0.2, 0) is 4.79 Å². The molecule has 1 aromatic carbocycles. The van der Waals surface area contributed by atoms with Gasteiger partial charge in [0.05, 0.1) is 0 Å². The minimum absolute atomic E-state index is 0.00732. The van der Waals surface area contributed by atoms with Crippen molar-refractivity contribution in [3.05, 3.63) is 23.8 Å². The van der Waals surface area contributed by atoms with Crippen LogP contribution in [0.1, 0.15) is 16.8 Å². The third-order valence-electron chi connectivity index (χ3n) is 2.38. The van der Waals surface area contributed by atoms with Crippen LogP contribution >= 0.6 is 11.8 Å². The molecule has 1 rings (SSSR count). The lowest BCUT2D eigenvalue weighted by molar-refractivity contribution is -0.139. The number of carbonyl (C=O) groups is 2. The molecule has 0 fully saturated rings. The Hall–Kier alpha value is -1.89. The first-order valence-electron chi connectivity index (χ1n) is 5.49. The van der Waals surface area contributed by atoms with Gasteiger partial charge in [0.15, 0.2) is 0 Å². The monoisotopic (exact) mass is 285 g/mol. The summed E-state index contributed by atoms with van der Waals surface area (Å²) in [6.45, 7) is 0. The Kier molecular flexibility index (Phi) is 5.50. The molecular formula is C12H15NO5S. The van der Waals surface area contributed by atoms with Gasteiger partial charge in [-0.25, -0.2) is 4.79 Å². The summed E-state index contributed by atoms with van der Waals surface area (Å²) in [7, 11) is 0. The molecule has 0 aliphatic rings. The zero-order valence-electron chi connectivity index (χ0n) is 10.3. The topological polar surface area (TPSA) is 107 Å². The van der Waals surface area contributed by atoms with Gasteiger partial charge in [0.2, 0.25) is 0 Å². The van der Waals surface area contributed by atoms with E-state index in [-0.39, 0.29) is 17.1 Å². The van der Waals surface area contributed by atoms with Crippen molar-refractivity contribution in [3.63, 3.8) is 0 Å². The molecule has 0 radical (unpaired) electrons. The number of carboxylic acid groups (broad SMARTS) is 1. The highest BCUT2D eigenvalue weighted by molar-refractivity contribution is 7.98. The maximum Gasteiger partial charge on any atom is 0.326 e. The molecule has 7 heteroatoms. The van der Waals surface area contributed by atoms with Crippen molar-refractivity contribution in [2.24, 2.45) is 0 Å². The number of carboxylic acids is 1. The summed E-state index contributed by atoms with van der Waals surface area (Å²) in [5.74, 6) is -1.70. The van der Waals surface area contributed by atoms with Gasteiger partial charge in [-0.3, -0.25) is 4.79 Å². The second-order valence-electron chi connectivity index (χ2n) is 3.88. The number of carbonyl (C=O) groups excluding carboxylic acids is 1. The molecule has 0 aliphatic carbocycles. The molecule has 1 amide bonds. The number of benzene rings is 1. The standard InChI is InChI=1S/C12H15NO5S/c1-19-3-2-10(12(17)18)13-11(16)7-4-8(14)6-9(15)5-7/h4-6,10,14-15H,2-3H2,1H3,(H,13,16)(H,17,18)/t10-/m1/s1. The number of thioether (sulfide) groups is 1. The van der Waals surface area contributed by atoms with Crippen LogP contribution < -0.4 is 5.32 Å². The predicted molar refractivity (Wildman–Crippen MR) is 71.7 cm³/mol. The minimum atomic E-state index is -1.12. The van der Waals surface area contributed by atoms with Gasteiger partial charge >= 0.3 is 5.97 Å². The molecule has 104 valence electrons. The van der Waals surface area contributed by atoms with E-state index in [1.54, 1.807) is 0 Å². The van der Waals surface area contributed by atoms with Gasteiger partial charge in [-0.1, -0.05) is 0 Å². The van der Waals surface area contributed by atoms with Gasteiger partial charge in [-0.05, 0) is 30.6 Å². The summed E-state index contributed by atoms with van der Waals surface area (Å²) in [6.07, 6.45) is 2.14. The zero-order valence-corrected chi connectivity index (χ0v) is 11.1. The van der Waals surface area contributed by atoms with Crippen LogP contribution in [0.3, 0.4) is 0 Å². The zero-order chi connectivity index (χ0) is 14.4. The summed E-state index contributed by atoms with van der Waals surface area (Å²) in [6, 6.07) is 2.40. The predicted octanol–water partition coefficient (Wildman–Crippen LogP) is 1.03. The van der Waals surface area contributed by atoms with Crippen molar-refractivity contribution in [1.82, 2.24) is 5.32 Å². The molecule has 6 nitrogen and oxygen atoms in total. The van der Waals surface area contributed by atoms with E-state index in [2.05, 4.69) is 5.32 Å². The lowest BCUT2D eigenvalue weighted by Crippen LogP contribution is -2.41. The fourth-order valence-electron chi connectivity index (χ4n) is 1.46. The number of hydrogen-bond donors (Lipinski definition) is 4. The van der Waals surface area contributed by atoms with Crippen LogP contribution in [0.5, 0.6) is 11.5 Å². The third-order valence-corrected chi connectivity index (χ3v) is 3.02. The molecule has 4 N–H and O–H groups in total. The molecule has 0 heterocycles. The van der Waals surface area contributed by atoms with Crippen molar-refractivity contribution >= 4 is 23.6 Å². The number of aromatic hydroxyl groups is 2. The highest BCUT2D eigenvalue weighted by Crippen LogP contribution is 2.20. The molecule has 0 saturated heterocycles. The van der Waals surface area contributed by atoms with E-state index in [0.29, 0.717) is 12.2 Å². The highest BCUT2D eigenvalue weighted by atomic mass is 32.2. The van der Waals surface area contributed by atoms with E-state index in [1.165, 1.54) is 11.8 Å². The molecule has 0 aliphatic heterocycles. The van der Waals surface area contributed by atoms with E-state index in [0.717, 1.165) is 18.2 Å². The summed E-state index contributed by atoms with van der Waals surface area (Å²) in [5, 5.41) is 29.9. The Bertz CT molecular complexity index is 457. The maximum atomic E-state index is 11.8. The summed E-state index contributed by atoms with van der Waals surface area (Å²) in [4.78, 5) is 22.8. The van der Waals surface area contributed by atoms with Crippen molar-refractivity contribution in [3.8, 4) is 11.5 Å². The van der Waals surface area contributed by atoms with Crippen LogP contribution in [0.4, 0.5) is 0 Å². The smallest absolute Gasteiger partial charge is 0.326 e. The van der Waals surface area contributed by atoms with E-state index in [9.17, 15) is 19.8 Å². The second-order valence-corrected chi connectivity index (χ2v) is 4.87. The first-order chi connectivity index (χ1) is 8.93. The highest BCUT2D eigenvalue weighted by Gasteiger charge is 2.20. The van der Waals surface area contributed by atoms with E-state index in [1.807, 2.05) is 6.26 Å². The lowest BCUT2D eigenvalue weighted by atomic mass is 10.1. The van der Waals surface area contributed by atoms with Gasteiger partial charge in [-0.15, -0.1) is 0 Å². The Labute approximate surface area is 114 Å². The average molecular weight is 285 g/mol. The molecule has 0 aromatic heterocycles. The van der Waals surface area contributed by atoms with Gasteiger partial charge < -0.3 is 20.6 Å². The number of amides is 1. The number of hydrogen-bond acceptors (Lipinski definition) is 5. The minimum Gasteiger partial charge on any atom is -0.508 e. The molecule has 0 saturated carbocycles. The number of nitrogens with one attached hydrogen (secondary N) is 1. The Morgan fingerprint density at radius 3 is 2.32 bits per heavy atom.